The van der Waals surface area contributed by atoms with Gasteiger partial charge in [-0.2, -0.15) is 0 Å². The molecule has 0 aliphatic carbocycles. The number of hydrogen-bond donors (Lipinski definition) is 3. The molecule has 0 aromatic heterocycles. The molecule has 0 bridgehead atoms. The molecule has 1 rings (SSSR count). The van der Waals surface area contributed by atoms with Crippen molar-refractivity contribution in [3.05, 3.63) is 30.3 Å². The maximum atomic E-state index is 4.16. The van der Waals surface area contributed by atoms with Crippen molar-refractivity contribution in [1.29, 1.82) is 0 Å². The average Bonchev–Trinajstić information content (AvgIpc) is 2.37. The number of halogens is 1. The number of aliphatic imine (C=N–C) groups is 1. The molecule has 0 fully saturated rings. The third kappa shape index (κ3) is 8.69. The smallest absolute Gasteiger partial charge is 0.191 e. The molecule has 0 unspecified atom stereocenters. The van der Waals surface area contributed by atoms with E-state index in [1.807, 2.05) is 18.2 Å². The van der Waals surface area contributed by atoms with E-state index in [1.54, 1.807) is 7.05 Å². The van der Waals surface area contributed by atoms with E-state index in [9.17, 15) is 0 Å². The Hall–Kier alpha value is -0.980. The molecule has 5 heteroatoms. The van der Waals surface area contributed by atoms with Crippen molar-refractivity contribution < 1.29 is 0 Å². The first kappa shape index (κ1) is 18.0. The zero-order valence-corrected chi connectivity index (χ0v) is 14.3. The molecule has 0 aliphatic rings. The topological polar surface area (TPSA) is 48.5 Å². The summed E-state index contributed by atoms with van der Waals surface area (Å²) >= 11 is 0. The molecule has 0 atom stereocenters. The van der Waals surface area contributed by atoms with Gasteiger partial charge in [0.15, 0.2) is 5.96 Å². The zero-order valence-electron chi connectivity index (χ0n) is 11.9. The minimum absolute atomic E-state index is 0. The summed E-state index contributed by atoms with van der Waals surface area (Å²) in [5.41, 5.74) is 1.17. The Labute approximate surface area is 133 Å². The molecule has 0 saturated carbocycles. The molecule has 0 heterocycles. The summed E-state index contributed by atoms with van der Waals surface area (Å²) in [7, 11) is 1.79. The van der Waals surface area contributed by atoms with Gasteiger partial charge in [0.1, 0.15) is 0 Å². The number of guanidine groups is 1. The third-order valence-corrected chi connectivity index (χ3v) is 2.40. The van der Waals surface area contributed by atoms with E-state index in [1.165, 1.54) is 5.69 Å². The van der Waals surface area contributed by atoms with Gasteiger partial charge in [-0.25, -0.2) is 0 Å². The van der Waals surface area contributed by atoms with Gasteiger partial charge in [-0.3, -0.25) is 4.99 Å². The van der Waals surface area contributed by atoms with E-state index in [0.29, 0.717) is 6.04 Å². The third-order valence-electron chi connectivity index (χ3n) is 2.40. The fourth-order valence-electron chi connectivity index (χ4n) is 1.55. The van der Waals surface area contributed by atoms with Crippen LogP contribution in [0.3, 0.4) is 0 Å². The lowest BCUT2D eigenvalue weighted by molar-refractivity contribution is 0.691. The van der Waals surface area contributed by atoms with Crippen LogP contribution in [0.15, 0.2) is 35.3 Å². The van der Waals surface area contributed by atoms with Crippen molar-refractivity contribution in [3.8, 4) is 0 Å². The first-order valence-electron chi connectivity index (χ1n) is 6.48. The zero-order chi connectivity index (χ0) is 13.2. The summed E-state index contributed by atoms with van der Waals surface area (Å²) in [5, 5.41) is 9.92. The van der Waals surface area contributed by atoms with E-state index >= 15 is 0 Å². The molecule has 3 N–H and O–H groups in total. The highest BCUT2D eigenvalue weighted by Gasteiger charge is 1.98. The molecule has 0 aliphatic heterocycles. The van der Waals surface area contributed by atoms with Gasteiger partial charge in [0.25, 0.3) is 0 Å². The maximum absolute atomic E-state index is 4.16. The largest absolute Gasteiger partial charge is 0.385 e. The van der Waals surface area contributed by atoms with Gasteiger partial charge in [0.2, 0.25) is 0 Å². The molecule has 0 radical (unpaired) electrons. The summed E-state index contributed by atoms with van der Waals surface area (Å²) < 4.78 is 0. The fraction of sp³-hybridized carbons (Fsp3) is 0.500. The minimum atomic E-state index is 0. The van der Waals surface area contributed by atoms with Crippen molar-refractivity contribution in [1.82, 2.24) is 10.6 Å². The van der Waals surface area contributed by atoms with Crippen molar-refractivity contribution in [2.45, 2.75) is 26.3 Å². The van der Waals surface area contributed by atoms with Crippen LogP contribution < -0.4 is 16.0 Å². The monoisotopic (exact) mass is 376 g/mol. The highest BCUT2D eigenvalue weighted by atomic mass is 127. The van der Waals surface area contributed by atoms with Gasteiger partial charge in [-0.05, 0) is 32.4 Å². The van der Waals surface area contributed by atoms with Crippen LogP contribution in [0.1, 0.15) is 20.3 Å². The summed E-state index contributed by atoms with van der Waals surface area (Å²) in [6.45, 7) is 6.07. The molecule has 1 aromatic carbocycles. The van der Waals surface area contributed by atoms with E-state index < -0.39 is 0 Å². The summed E-state index contributed by atoms with van der Waals surface area (Å²) in [4.78, 5) is 4.16. The quantitative estimate of drug-likeness (QED) is 0.310. The molecule has 4 nitrogen and oxygen atoms in total. The van der Waals surface area contributed by atoms with Gasteiger partial charge in [0, 0.05) is 31.9 Å². The van der Waals surface area contributed by atoms with Crippen LogP contribution in [0, 0.1) is 0 Å². The normalized spacial score (nSPS) is 10.8. The predicted molar refractivity (Wildman–Crippen MR) is 94.6 cm³/mol. The predicted octanol–water partition coefficient (Wildman–Crippen LogP) is 2.68. The number of hydrogen-bond acceptors (Lipinski definition) is 2. The van der Waals surface area contributed by atoms with Crippen LogP contribution in [0.2, 0.25) is 0 Å². The van der Waals surface area contributed by atoms with E-state index in [0.717, 1.165) is 25.5 Å². The Morgan fingerprint density at radius 3 is 2.42 bits per heavy atom. The van der Waals surface area contributed by atoms with Crippen molar-refractivity contribution in [3.63, 3.8) is 0 Å². The van der Waals surface area contributed by atoms with E-state index in [2.05, 4.69) is 46.9 Å². The Morgan fingerprint density at radius 1 is 1.16 bits per heavy atom. The van der Waals surface area contributed by atoms with E-state index in [4.69, 9.17) is 0 Å². The first-order chi connectivity index (χ1) is 8.72. The number of benzene rings is 1. The highest BCUT2D eigenvalue weighted by Crippen LogP contribution is 2.03. The lowest BCUT2D eigenvalue weighted by Crippen LogP contribution is -2.41. The van der Waals surface area contributed by atoms with E-state index in [-0.39, 0.29) is 24.0 Å². The maximum Gasteiger partial charge on any atom is 0.191 e. The van der Waals surface area contributed by atoms with Crippen LogP contribution in [-0.2, 0) is 0 Å². The lowest BCUT2D eigenvalue weighted by Gasteiger charge is -2.14. The summed E-state index contributed by atoms with van der Waals surface area (Å²) in [6, 6.07) is 10.6. The minimum Gasteiger partial charge on any atom is -0.385 e. The summed E-state index contributed by atoms with van der Waals surface area (Å²) in [6.07, 6.45) is 1.05. The molecule has 0 saturated heterocycles. The first-order valence-corrected chi connectivity index (χ1v) is 6.48. The van der Waals surface area contributed by atoms with Gasteiger partial charge in [-0.15, -0.1) is 24.0 Å². The van der Waals surface area contributed by atoms with Crippen LogP contribution in [0.5, 0.6) is 0 Å². The van der Waals surface area contributed by atoms with Crippen molar-refractivity contribution in [2.75, 3.05) is 25.5 Å². The number of anilines is 1. The average molecular weight is 376 g/mol. The molecule has 0 spiro atoms. The molecular formula is C14H25IN4. The van der Waals surface area contributed by atoms with Crippen LogP contribution in [0.25, 0.3) is 0 Å². The lowest BCUT2D eigenvalue weighted by atomic mass is 10.3. The Balaban J connectivity index is 0.00000324. The number of nitrogens with one attached hydrogen (secondary N) is 3. The number of rotatable bonds is 6. The standard InChI is InChI=1S/C14H24N4.HI/c1-12(2)18-14(15-3)17-11-7-10-16-13-8-5-4-6-9-13;/h4-6,8-9,12,16H,7,10-11H2,1-3H3,(H2,15,17,18);1H. The Bertz CT molecular complexity index is 352. The second-order valence-corrected chi connectivity index (χ2v) is 4.44. The molecule has 0 amide bonds. The van der Waals surface area contributed by atoms with Crippen LogP contribution >= 0.6 is 24.0 Å². The SMILES string of the molecule is CN=C(NCCCNc1ccccc1)NC(C)C.I. The van der Waals surface area contributed by atoms with Crippen molar-refractivity contribution in [2.24, 2.45) is 4.99 Å². The Morgan fingerprint density at radius 2 is 1.84 bits per heavy atom. The van der Waals surface area contributed by atoms with Gasteiger partial charge in [0.05, 0.1) is 0 Å². The molecule has 1 aromatic rings. The van der Waals surface area contributed by atoms with Crippen molar-refractivity contribution >= 4 is 35.6 Å². The van der Waals surface area contributed by atoms with Crippen LogP contribution in [0.4, 0.5) is 5.69 Å². The van der Waals surface area contributed by atoms with Gasteiger partial charge in [-0.1, -0.05) is 18.2 Å². The van der Waals surface area contributed by atoms with Gasteiger partial charge < -0.3 is 16.0 Å². The second kappa shape index (κ2) is 10.9. The second-order valence-electron chi connectivity index (χ2n) is 4.44. The fourth-order valence-corrected chi connectivity index (χ4v) is 1.55. The number of para-hydroxylation sites is 1. The molecular weight excluding hydrogens is 351 g/mol. The summed E-state index contributed by atoms with van der Waals surface area (Å²) in [5.74, 6) is 0.865. The number of nitrogens with zero attached hydrogens (tertiary/aromatic N) is 1. The Kier molecular flexibility index (Phi) is 10.3. The highest BCUT2D eigenvalue weighted by molar-refractivity contribution is 14.0. The van der Waals surface area contributed by atoms with Crippen LogP contribution in [-0.4, -0.2) is 32.1 Å². The molecule has 108 valence electrons. The van der Waals surface area contributed by atoms with Gasteiger partial charge >= 0.3 is 0 Å². The molecule has 19 heavy (non-hydrogen) atoms.